The van der Waals surface area contributed by atoms with Gasteiger partial charge >= 0.3 is 0 Å². The Labute approximate surface area is 131 Å². The van der Waals surface area contributed by atoms with Crippen molar-refractivity contribution in [2.45, 2.75) is 59.8 Å². The van der Waals surface area contributed by atoms with Gasteiger partial charge in [-0.2, -0.15) is 0 Å². The molecule has 21 heavy (non-hydrogen) atoms. The summed E-state index contributed by atoms with van der Waals surface area (Å²) in [7, 11) is 0. The van der Waals surface area contributed by atoms with Crippen LogP contribution in [0.3, 0.4) is 0 Å². The summed E-state index contributed by atoms with van der Waals surface area (Å²) in [4.78, 5) is 11.6. The lowest BCUT2D eigenvalue weighted by atomic mass is 9.97. The molecule has 0 radical (unpaired) electrons. The summed E-state index contributed by atoms with van der Waals surface area (Å²) in [5, 5.41) is 14.6. The van der Waals surface area contributed by atoms with Crippen molar-refractivity contribution < 1.29 is 9.90 Å². The van der Waals surface area contributed by atoms with Crippen LogP contribution in [0.1, 0.15) is 59.8 Å². The molecule has 0 saturated carbocycles. The van der Waals surface area contributed by atoms with E-state index in [-0.39, 0.29) is 11.8 Å². The molecule has 1 saturated heterocycles. The molecule has 4 nitrogen and oxygen atoms in total. The average molecular weight is 300 g/mol. The Morgan fingerprint density at radius 1 is 1.24 bits per heavy atom. The monoisotopic (exact) mass is 300 g/mol. The van der Waals surface area contributed by atoms with E-state index in [0.717, 1.165) is 45.3 Å². The zero-order chi connectivity index (χ0) is 16.1. The van der Waals surface area contributed by atoms with Gasteiger partial charge in [0.25, 0.3) is 0 Å². The summed E-state index contributed by atoms with van der Waals surface area (Å²) in [6.45, 7) is 11.8. The Bertz CT molecular complexity index is 251. The van der Waals surface area contributed by atoms with Crippen LogP contribution in [0.25, 0.3) is 0 Å². The van der Waals surface area contributed by atoms with E-state index in [0.29, 0.717) is 18.4 Å². The van der Waals surface area contributed by atoms with Gasteiger partial charge in [0.05, 0.1) is 0 Å². The maximum Gasteiger partial charge on any atom is 0.223 e. The van der Waals surface area contributed by atoms with Crippen molar-refractivity contribution in [3.63, 3.8) is 0 Å². The molecule has 1 amide bonds. The molecule has 1 aliphatic rings. The first-order valence-electron chi connectivity index (χ1n) is 8.60. The van der Waals surface area contributed by atoms with Crippen molar-refractivity contribution in [1.29, 1.82) is 0 Å². The number of carbonyl (C=O) groups excluding carboxylic acids is 1. The molecule has 1 rings (SSSR count). The number of amides is 1. The molecule has 0 bridgehead atoms. The minimum absolute atomic E-state index is 0.253. The van der Waals surface area contributed by atoms with Crippen LogP contribution in [0.4, 0.5) is 0 Å². The number of rotatable bonds is 7. The van der Waals surface area contributed by atoms with Gasteiger partial charge in [-0.25, -0.2) is 0 Å². The van der Waals surface area contributed by atoms with Crippen LogP contribution < -0.4 is 10.6 Å². The van der Waals surface area contributed by atoms with Gasteiger partial charge in [0.2, 0.25) is 5.91 Å². The molecule has 1 atom stereocenters. The standard InChI is InChI=1S/C11H22N2O.C6H14O/c1-9(2)3-8-13-11(14)10-4-6-12-7-5-10;1-3-6(2)4-5-7/h9-10,12H,3-8H2,1-2H3,(H,13,14);6-7H,3-5H2,1-2H3. The van der Waals surface area contributed by atoms with Gasteiger partial charge in [0.15, 0.2) is 0 Å². The Kier molecular flexibility index (Phi) is 12.7. The highest BCUT2D eigenvalue weighted by molar-refractivity contribution is 5.78. The molecule has 1 aliphatic heterocycles. The molecule has 1 unspecified atom stereocenters. The number of aliphatic hydroxyl groups is 1. The number of hydrogen-bond acceptors (Lipinski definition) is 3. The Balaban J connectivity index is 0.000000486. The predicted octanol–water partition coefficient (Wildman–Crippen LogP) is 2.56. The largest absolute Gasteiger partial charge is 0.396 e. The minimum atomic E-state index is 0.253. The van der Waals surface area contributed by atoms with Crippen LogP contribution in [0.5, 0.6) is 0 Å². The van der Waals surface area contributed by atoms with Crippen LogP contribution in [0.15, 0.2) is 0 Å². The first-order chi connectivity index (χ1) is 10.0. The highest BCUT2D eigenvalue weighted by atomic mass is 16.3. The van der Waals surface area contributed by atoms with Crippen molar-refractivity contribution in [3.05, 3.63) is 0 Å². The van der Waals surface area contributed by atoms with E-state index in [1.54, 1.807) is 0 Å². The van der Waals surface area contributed by atoms with Gasteiger partial charge in [-0.1, -0.05) is 34.1 Å². The molecular weight excluding hydrogens is 264 g/mol. The Morgan fingerprint density at radius 3 is 2.29 bits per heavy atom. The minimum Gasteiger partial charge on any atom is -0.396 e. The third-order valence-corrected chi connectivity index (χ3v) is 4.05. The van der Waals surface area contributed by atoms with E-state index in [1.807, 2.05) is 0 Å². The first-order valence-corrected chi connectivity index (χ1v) is 8.60. The van der Waals surface area contributed by atoms with Gasteiger partial charge in [-0.05, 0) is 50.6 Å². The molecule has 0 aromatic carbocycles. The van der Waals surface area contributed by atoms with Crippen molar-refractivity contribution in [3.8, 4) is 0 Å². The van der Waals surface area contributed by atoms with Crippen molar-refractivity contribution >= 4 is 5.91 Å². The number of piperidine rings is 1. The maximum atomic E-state index is 11.6. The number of carbonyl (C=O) groups is 1. The smallest absolute Gasteiger partial charge is 0.223 e. The fourth-order valence-electron chi connectivity index (χ4n) is 2.14. The lowest BCUT2D eigenvalue weighted by molar-refractivity contribution is -0.125. The second kappa shape index (κ2) is 13.1. The predicted molar refractivity (Wildman–Crippen MR) is 89.2 cm³/mol. The fraction of sp³-hybridized carbons (Fsp3) is 0.941. The van der Waals surface area contributed by atoms with Gasteiger partial charge in [0, 0.05) is 19.1 Å². The molecule has 1 heterocycles. The molecule has 0 aromatic heterocycles. The molecular formula is C17H36N2O2. The van der Waals surface area contributed by atoms with E-state index in [4.69, 9.17) is 5.11 Å². The molecule has 4 heteroatoms. The second-order valence-electron chi connectivity index (χ2n) is 6.52. The maximum absolute atomic E-state index is 11.6. The van der Waals surface area contributed by atoms with E-state index in [9.17, 15) is 4.79 Å². The normalized spacial score (nSPS) is 17.0. The SMILES string of the molecule is CC(C)CCNC(=O)C1CCNCC1.CCC(C)CCO. The molecule has 0 aliphatic carbocycles. The van der Waals surface area contributed by atoms with Crippen LogP contribution in [0, 0.1) is 17.8 Å². The zero-order valence-corrected chi connectivity index (χ0v) is 14.5. The summed E-state index contributed by atoms with van der Waals surface area (Å²) < 4.78 is 0. The van der Waals surface area contributed by atoms with E-state index >= 15 is 0 Å². The summed E-state index contributed by atoms with van der Waals surface area (Å²) in [6, 6.07) is 0. The Morgan fingerprint density at radius 2 is 1.86 bits per heavy atom. The number of nitrogens with one attached hydrogen (secondary N) is 2. The molecule has 126 valence electrons. The fourth-order valence-corrected chi connectivity index (χ4v) is 2.14. The van der Waals surface area contributed by atoms with E-state index in [1.165, 1.54) is 6.42 Å². The quantitative estimate of drug-likeness (QED) is 0.677. The van der Waals surface area contributed by atoms with Gasteiger partial charge in [-0.3, -0.25) is 4.79 Å². The third-order valence-electron chi connectivity index (χ3n) is 4.05. The van der Waals surface area contributed by atoms with E-state index in [2.05, 4.69) is 38.3 Å². The highest BCUT2D eigenvalue weighted by Gasteiger charge is 2.19. The zero-order valence-electron chi connectivity index (χ0n) is 14.5. The van der Waals surface area contributed by atoms with Crippen molar-refractivity contribution in [1.82, 2.24) is 10.6 Å². The van der Waals surface area contributed by atoms with Crippen molar-refractivity contribution in [2.75, 3.05) is 26.2 Å². The van der Waals surface area contributed by atoms with Crippen LogP contribution in [0.2, 0.25) is 0 Å². The summed E-state index contributed by atoms with van der Waals surface area (Å²) in [5.74, 6) is 1.88. The lowest BCUT2D eigenvalue weighted by Gasteiger charge is -2.21. The summed E-state index contributed by atoms with van der Waals surface area (Å²) >= 11 is 0. The molecule has 1 fully saturated rings. The number of hydrogen-bond donors (Lipinski definition) is 3. The van der Waals surface area contributed by atoms with Gasteiger partial charge in [0.1, 0.15) is 0 Å². The second-order valence-corrected chi connectivity index (χ2v) is 6.52. The van der Waals surface area contributed by atoms with Crippen LogP contribution in [-0.4, -0.2) is 37.3 Å². The molecule has 0 spiro atoms. The summed E-state index contributed by atoms with van der Waals surface area (Å²) in [5.41, 5.74) is 0. The lowest BCUT2D eigenvalue weighted by Crippen LogP contribution is -2.38. The Hall–Kier alpha value is -0.610. The van der Waals surface area contributed by atoms with Crippen molar-refractivity contribution in [2.24, 2.45) is 17.8 Å². The topological polar surface area (TPSA) is 61.4 Å². The van der Waals surface area contributed by atoms with Gasteiger partial charge < -0.3 is 15.7 Å². The summed E-state index contributed by atoms with van der Waals surface area (Å²) in [6.07, 6.45) is 5.20. The molecule has 3 N–H and O–H groups in total. The first kappa shape index (κ1) is 20.4. The van der Waals surface area contributed by atoms with Crippen LogP contribution >= 0.6 is 0 Å². The highest BCUT2D eigenvalue weighted by Crippen LogP contribution is 2.11. The number of aliphatic hydroxyl groups excluding tert-OH is 1. The van der Waals surface area contributed by atoms with Gasteiger partial charge in [-0.15, -0.1) is 0 Å². The third kappa shape index (κ3) is 11.7. The average Bonchev–Trinajstić information content (AvgIpc) is 2.48. The van der Waals surface area contributed by atoms with E-state index < -0.39 is 0 Å². The van der Waals surface area contributed by atoms with Crippen LogP contribution in [-0.2, 0) is 4.79 Å². The molecule has 0 aromatic rings.